The highest BCUT2D eigenvalue weighted by atomic mass is 16.5. The molecule has 6 nitrogen and oxygen atoms in total. The van der Waals surface area contributed by atoms with E-state index in [2.05, 4.69) is 23.8 Å². The summed E-state index contributed by atoms with van der Waals surface area (Å²) in [6.07, 6.45) is 11.7. The standard InChI is InChI=1S/2C11H16N2O/c2*1-8-3-5-14-11(6-8)9-2-4-13-7-10(9)12/h2*2,4,7-8,11H,3,5-6,12H2,1H3/t2*8-,11+/m10/s1. The van der Waals surface area contributed by atoms with Gasteiger partial charge in [0.15, 0.2) is 0 Å². The summed E-state index contributed by atoms with van der Waals surface area (Å²) in [7, 11) is 0. The van der Waals surface area contributed by atoms with Crippen molar-refractivity contribution in [1.82, 2.24) is 9.97 Å². The van der Waals surface area contributed by atoms with Crippen LogP contribution in [0, 0.1) is 11.8 Å². The molecular formula is C22H32N4O2. The van der Waals surface area contributed by atoms with Gasteiger partial charge in [0.25, 0.3) is 0 Å². The molecule has 6 heteroatoms. The van der Waals surface area contributed by atoms with Gasteiger partial charge in [-0.1, -0.05) is 13.8 Å². The maximum absolute atomic E-state index is 5.85. The van der Waals surface area contributed by atoms with E-state index in [9.17, 15) is 0 Å². The summed E-state index contributed by atoms with van der Waals surface area (Å²) in [5.41, 5.74) is 15.4. The van der Waals surface area contributed by atoms with Gasteiger partial charge in [-0.15, -0.1) is 0 Å². The second-order valence-corrected chi connectivity index (χ2v) is 7.99. The average molecular weight is 385 g/mol. The molecule has 2 aromatic rings. The van der Waals surface area contributed by atoms with Crippen LogP contribution in [-0.2, 0) is 9.47 Å². The highest BCUT2D eigenvalue weighted by Gasteiger charge is 2.23. The van der Waals surface area contributed by atoms with Gasteiger partial charge in [-0.2, -0.15) is 0 Å². The third-order valence-electron chi connectivity index (χ3n) is 5.56. The fourth-order valence-electron chi connectivity index (χ4n) is 3.78. The van der Waals surface area contributed by atoms with Crippen LogP contribution in [-0.4, -0.2) is 23.2 Å². The molecule has 0 amide bonds. The minimum Gasteiger partial charge on any atom is -0.397 e. The Kier molecular flexibility index (Phi) is 7.23. The summed E-state index contributed by atoms with van der Waals surface area (Å²) in [6, 6.07) is 3.91. The lowest BCUT2D eigenvalue weighted by Gasteiger charge is -2.28. The minimum absolute atomic E-state index is 0.168. The Bertz CT molecular complexity index is 691. The number of hydrogen-bond donors (Lipinski definition) is 2. The number of nitrogen functional groups attached to an aromatic ring is 2. The van der Waals surface area contributed by atoms with E-state index in [1.807, 2.05) is 12.1 Å². The Morgan fingerprint density at radius 3 is 1.57 bits per heavy atom. The van der Waals surface area contributed by atoms with Crippen LogP contribution >= 0.6 is 0 Å². The topological polar surface area (TPSA) is 96.3 Å². The largest absolute Gasteiger partial charge is 0.397 e. The highest BCUT2D eigenvalue weighted by Crippen LogP contribution is 2.34. The minimum atomic E-state index is 0.168. The van der Waals surface area contributed by atoms with Crippen LogP contribution in [0.25, 0.3) is 0 Å². The van der Waals surface area contributed by atoms with Crippen molar-refractivity contribution >= 4 is 11.4 Å². The Balaban J connectivity index is 0.000000161. The van der Waals surface area contributed by atoms with E-state index in [-0.39, 0.29) is 12.2 Å². The predicted octanol–water partition coefficient (Wildman–Crippen LogP) is 4.30. The summed E-state index contributed by atoms with van der Waals surface area (Å²) in [5, 5.41) is 0. The molecule has 2 aliphatic heterocycles. The first-order chi connectivity index (χ1) is 13.5. The van der Waals surface area contributed by atoms with E-state index in [0.29, 0.717) is 0 Å². The first kappa shape index (κ1) is 20.6. The molecule has 152 valence electrons. The van der Waals surface area contributed by atoms with Crippen molar-refractivity contribution in [3.63, 3.8) is 0 Å². The van der Waals surface area contributed by atoms with Gasteiger partial charge in [0.05, 0.1) is 36.0 Å². The number of rotatable bonds is 2. The van der Waals surface area contributed by atoms with Crippen LogP contribution in [0.1, 0.15) is 62.9 Å². The molecule has 0 saturated carbocycles. The summed E-state index contributed by atoms with van der Waals surface area (Å²) in [5.74, 6) is 1.45. The molecule has 2 saturated heterocycles. The SMILES string of the molecule is C[C@@H]1CCO[C@H](c2ccncc2N)C1.C[C@H]1CCO[C@@H](c2ccncc2N)C1. The fraction of sp³-hybridized carbons (Fsp3) is 0.545. The first-order valence-corrected chi connectivity index (χ1v) is 10.2. The van der Waals surface area contributed by atoms with Crippen LogP contribution in [0.15, 0.2) is 36.9 Å². The molecule has 0 bridgehead atoms. The maximum Gasteiger partial charge on any atom is 0.0848 e. The summed E-state index contributed by atoms with van der Waals surface area (Å²) >= 11 is 0. The van der Waals surface area contributed by atoms with Gasteiger partial charge in [-0.05, 0) is 49.7 Å². The van der Waals surface area contributed by atoms with Gasteiger partial charge in [0.2, 0.25) is 0 Å². The summed E-state index contributed by atoms with van der Waals surface area (Å²) in [6.45, 7) is 6.20. The Morgan fingerprint density at radius 2 is 1.21 bits per heavy atom. The molecule has 0 radical (unpaired) electrons. The number of nitrogens with two attached hydrogens (primary N) is 2. The molecular weight excluding hydrogens is 352 g/mol. The maximum atomic E-state index is 5.85. The molecule has 4 N–H and O–H groups in total. The predicted molar refractivity (Wildman–Crippen MR) is 111 cm³/mol. The van der Waals surface area contributed by atoms with Crippen LogP contribution < -0.4 is 11.5 Å². The van der Waals surface area contributed by atoms with Crippen molar-refractivity contribution in [2.45, 2.75) is 51.7 Å². The zero-order chi connectivity index (χ0) is 19.9. The number of ether oxygens (including phenoxy) is 2. The van der Waals surface area contributed by atoms with Crippen molar-refractivity contribution in [3.05, 3.63) is 48.0 Å². The normalized spacial score (nSPS) is 27.5. The summed E-state index contributed by atoms with van der Waals surface area (Å²) < 4.78 is 11.4. The van der Waals surface area contributed by atoms with Crippen molar-refractivity contribution < 1.29 is 9.47 Å². The highest BCUT2D eigenvalue weighted by molar-refractivity contribution is 5.46. The van der Waals surface area contributed by atoms with E-state index in [1.165, 1.54) is 0 Å². The summed E-state index contributed by atoms with van der Waals surface area (Å²) in [4.78, 5) is 7.96. The van der Waals surface area contributed by atoms with E-state index in [1.54, 1.807) is 24.8 Å². The van der Waals surface area contributed by atoms with Crippen LogP contribution in [0.2, 0.25) is 0 Å². The van der Waals surface area contributed by atoms with Crippen molar-refractivity contribution in [2.24, 2.45) is 11.8 Å². The number of anilines is 2. The molecule has 0 aliphatic carbocycles. The smallest absolute Gasteiger partial charge is 0.0848 e. The molecule has 0 unspecified atom stereocenters. The molecule has 2 fully saturated rings. The third kappa shape index (κ3) is 5.42. The van der Waals surface area contributed by atoms with Gasteiger partial charge in [0, 0.05) is 36.7 Å². The van der Waals surface area contributed by atoms with Gasteiger partial charge >= 0.3 is 0 Å². The van der Waals surface area contributed by atoms with Crippen LogP contribution in [0.5, 0.6) is 0 Å². The zero-order valence-electron chi connectivity index (χ0n) is 16.9. The van der Waals surface area contributed by atoms with Crippen molar-refractivity contribution in [1.29, 1.82) is 0 Å². The zero-order valence-corrected chi connectivity index (χ0v) is 16.9. The molecule has 0 spiro atoms. The molecule has 0 aromatic carbocycles. The quantitative estimate of drug-likeness (QED) is 0.801. The molecule has 2 aliphatic rings. The van der Waals surface area contributed by atoms with E-state index in [0.717, 1.165) is 73.2 Å². The van der Waals surface area contributed by atoms with Crippen molar-refractivity contribution in [2.75, 3.05) is 24.7 Å². The fourth-order valence-corrected chi connectivity index (χ4v) is 3.78. The van der Waals surface area contributed by atoms with Crippen LogP contribution in [0.4, 0.5) is 11.4 Å². The van der Waals surface area contributed by atoms with Gasteiger partial charge in [-0.25, -0.2) is 0 Å². The van der Waals surface area contributed by atoms with Crippen LogP contribution in [0.3, 0.4) is 0 Å². The number of aromatic nitrogens is 2. The Hall–Kier alpha value is -2.18. The monoisotopic (exact) mass is 384 g/mol. The molecule has 28 heavy (non-hydrogen) atoms. The lowest BCUT2D eigenvalue weighted by Crippen LogP contribution is -2.18. The lowest BCUT2D eigenvalue weighted by atomic mass is 9.93. The molecule has 4 heterocycles. The van der Waals surface area contributed by atoms with Gasteiger partial charge < -0.3 is 20.9 Å². The third-order valence-corrected chi connectivity index (χ3v) is 5.56. The molecule has 4 atom stereocenters. The van der Waals surface area contributed by atoms with Gasteiger partial charge in [0.1, 0.15) is 0 Å². The number of pyridine rings is 2. The van der Waals surface area contributed by atoms with E-state index >= 15 is 0 Å². The second kappa shape index (κ2) is 9.85. The van der Waals surface area contributed by atoms with Crippen molar-refractivity contribution in [3.8, 4) is 0 Å². The van der Waals surface area contributed by atoms with E-state index < -0.39 is 0 Å². The Labute approximate surface area is 167 Å². The Morgan fingerprint density at radius 1 is 0.786 bits per heavy atom. The lowest BCUT2D eigenvalue weighted by molar-refractivity contribution is -0.00608. The van der Waals surface area contributed by atoms with E-state index in [4.69, 9.17) is 20.9 Å². The van der Waals surface area contributed by atoms with Gasteiger partial charge in [-0.3, -0.25) is 9.97 Å². The molecule has 4 rings (SSSR count). The second-order valence-electron chi connectivity index (χ2n) is 7.99. The first-order valence-electron chi connectivity index (χ1n) is 10.2. The average Bonchev–Trinajstić information content (AvgIpc) is 2.69. The number of hydrogen-bond acceptors (Lipinski definition) is 6. The molecule has 2 aromatic heterocycles. The number of nitrogens with zero attached hydrogens (tertiary/aromatic N) is 2.